The second-order valence-electron chi connectivity index (χ2n) is 5.08. The molecule has 5 nitrogen and oxygen atoms in total. The van der Waals surface area contributed by atoms with Gasteiger partial charge in [-0.15, -0.1) is 0 Å². The van der Waals surface area contributed by atoms with Crippen molar-refractivity contribution in [3.63, 3.8) is 0 Å². The molecule has 1 fully saturated rings. The Hall–Kier alpha value is -1.59. The van der Waals surface area contributed by atoms with E-state index in [1.807, 2.05) is 18.2 Å². The molecule has 2 unspecified atom stereocenters. The molecule has 2 aromatic rings. The Balaban J connectivity index is 2.15. The van der Waals surface area contributed by atoms with E-state index in [0.717, 1.165) is 30.3 Å². The van der Waals surface area contributed by atoms with Crippen LogP contribution in [0.3, 0.4) is 0 Å². The number of rotatable bonds is 3. The van der Waals surface area contributed by atoms with Crippen LogP contribution in [-0.2, 0) is 11.3 Å². The summed E-state index contributed by atoms with van der Waals surface area (Å²) in [6.45, 7) is -0.0679. The van der Waals surface area contributed by atoms with E-state index >= 15 is 0 Å². The van der Waals surface area contributed by atoms with Gasteiger partial charge in [-0.25, -0.2) is 4.98 Å². The van der Waals surface area contributed by atoms with Gasteiger partial charge in [0.25, 0.3) is 0 Å². The highest BCUT2D eigenvalue weighted by Crippen LogP contribution is 2.36. The van der Waals surface area contributed by atoms with Crippen LogP contribution in [0.4, 0.5) is 5.69 Å². The first-order valence-corrected chi connectivity index (χ1v) is 6.64. The maximum Gasteiger partial charge on any atom is 0.136 e. The number of imidazole rings is 1. The number of hydrogen-bond acceptors (Lipinski definition) is 4. The van der Waals surface area contributed by atoms with Crippen molar-refractivity contribution in [2.75, 3.05) is 12.8 Å². The Morgan fingerprint density at radius 3 is 3.05 bits per heavy atom. The van der Waals surface area contributed by atoms with Crippen molar-refractivity contribution < 1.29 is 9.84 Å². The van der Waals surface area contributed by atoms with Gasteiger partial charge in [0.1, 0.15) is 12.4 Å². The first-order chi connectivity index (χ1) is 9.24. The molecule has 0 aliphatic heterocycles. The van der Waals surface area contributed by atoms with Crippen LogP contribution < -0.4 is 5.73 Å². The van der Waals surface area contributed by atoms with Crippen LogP contribution in [0.1, 0.15) is 31.1 Å². The lowest BCUT2D eigenvalue weighted by Crippen LogP contribution is -2.22. The summed E-state index contributed by atoms with van der Waals surface area (Å²) in [5, 5.41) is 9.55. The topological polar surface area (TPSA) is 73.3 Å². The quantitative estimate of drug-likeness (QED) is 0.827. The van der Waals surface area contributed by atoms with Crippen LogP contribution in [0.5, 0.6) is 0 Å². The molecule has 2 atom stereocenters. The van der Waals surface area contributed by atoms with Gasteiger partial charge in [-0.3, -0.25) is 0 Å². The van der Waals surface area contributed by atoms with Gasteiger partial charge >= 0.3 is 0 Å². The molecule has 3 rings (SSSR count). The highest BCUT2D eigenvalue weighted by molar-refractivity contribution is 5.79. The summed E-state index contributed by atoms with van der Waals surface area (Å²) in [5.41, 5.74) is 8.35. The second kappa shape index (κ2) is 4.83. The molecule has 1 aromatic carbocycles. The van der Waals surface area contributed by atoms with Crippen LogP contribution >= 0.6 is 0 Å². The molecule has 0 amide bonds. The lowest BCUT2D eigenvalue weighted by atomic mass is 10.2. The number of aliphatic hydroxyl groups excluding tert-OH is 1. The molecule has 5 heteroatoms. The number of nitrogens with zero attached hydrogens (tertiary/aromatic N) is 2. The maximum absolute atomic E-state index is 9.55. The molecular formula is C14H19N3O2. The number of methoxy groups -OCH3 is 1. The van der Waals surface area contributed by atoms with Gasteiger partial charge in [-0.1, -0.05) is 0 Å². The molecule has 0 bridgehead atoms. The SMILES string of the molecule is COC1CCCC1n1c(CO)nc2cc(N)ccc21. The molecule has 0 saturated heterocycles. The van der Waals surface area contributed by atoms with Crippen molar-refractivity contribution in [1.29, 1.82) is 0 Å². The maximum atomic E-state index is 9.55. The van der Waals surface area contributed by atoms with E-state index in [0.29, 0.717) is 11.5 Å². The van der Waals surface area contributed by atoms with Crippen molar-refractivity contribution >= 4 is 16.7 Å². The van der Waals surface area contributed by atoms with Crippen molar-refractivity contribution in [2.24, 2.45) is 0 Å². The zero-order chi connectivity index (χ0) is 13.4. The van der Waals surface area contributed by atoms with Gasteiger partial charge in [0.2, 0.25) is 0 Å². The third kappa shape index (κ3) is 1.99. The van der Waals surface area contributed by atoms with E-state index in [4.69, 9.17) is 10.5 Å². The van der Waals surface area contributed by atoms with Gasteiger partial charge < -0.3 is 20.1 Å². The molecular weight excluding hydrogens is 242 g/mol. The minimum absolute atomic E-state index is 0.0679. The highest BCUT2D eigenvalue weighted by Gasteiger charge is 2.31. The molecule has 1 saturated carbocycles. The average Bonchev–Trinajstić information content (AvgIpc) is 3.00. The summed E-state index contributed by atoms with van der Waals surface area (Å²) >= 11 is 0. The Morgan fingerprint density at radius 2 is 2.32 bits per heavy atom. The largest absolute Gasteiger partial charge is 0.399 e. The lowest BCUT2D eigenvalue weighted by molar-refractivity contribution is 0.0738. The molecule has 0 spiro atoms. The number of hydrogen-bond donors (Lipinski definition) is 2. The van der Waals surface area contributed by atoms with Crippen molar-refractivity contribution in [2.45, 2.75) is 38.0 Å². The van der Waals surface area contributed by atoms with Crippen LogP contribution in [-0.4, -0.2) is 27.9 Å². The summed E-state index contributed by atoms with van der Waals surface area (Å²) in [7, 11) is 1.75. The zero-order valence-electron chi connectivity index (χ0n) is 11.0. The van der Waals surface area contributed by atoms with Gasteiger partial charge in [-0.2, -0.15) is 0 Å². The third-order valence-electron chi connectivity index (χ3n) is 3.98. The molecule has 0 radical (unpaired) electrons. The molecule has 1 aliphatic carbocycles. The van der Waals surface area contributed by atoms with Gasteiger partial charge in [0, 0.05) is 12.8 Å². The lowest BCUT2D eigenvalue weighted by Gasteiger charge is -2.22. The van der Waals surface area contributed by atoms with Crippen LogP contribution in [0.25, 0.3) is 11.0 Å². The van der Waals surface area contributed by atoms with Crippen LogP contribution in [0, 0.1) is 0 Å². The van der Waals surface area contributed by atoms with Gasteiger partial charge in [-0.05, 0) is 37.5 Å². The number of nitrogens with two attached hydrogens (primary N) is 1. The summed E-state index contributed by atoms with van der Waals surface area (Å²) in [4.78, 5) is 4.48. The van der Waals surface area contributed by atoms with Crippen LogP contribution in [0.2, 0.25) is 0 Å². The minimum Gasteiger partial charge on any atom is -0.399 e. The van der Waals surface area contributed by atoms with Crippen molar-refractivity contribution in [3.8, 4) is 0 Å². The Bertz CT molecular complexity index is 594. The number of anilines is 1. The molecule has 1 aromatic heterocycles. The normalized spacial score (nSPS) is 23.3. The number of aliphatic hydroxyl groups is 1. The summed E-state index contributed by atoms with van der Waals surface area (Å²) < 4.78 is 7.69. The zero-order valence-corrected chi connectivity index (χ0v) is 11.0. The summed E-state index contributed by atoms with van der Waals surface area (Å²) in [6, 6.07) is 5.95. The monoisotopic (exact) mass is 261 g/mol. The molecule has 1 aliphatic rings. The predicted octanol–water partition coefficient (Wildman–Crippen LogP) is 1.85. The van der Waals surface area contributed by atoms with Gasteiger partial charge in [0.15, 0.2) is 0 Å². The van der Waals surface area contributed by atoms with E-state index in [2.05, 4.69) is 9.55 Å². The average molecular weight is 261 g/mol. The third-order valence-corrected chi connectivity index (χ3v) is 3.98. The fourth-order valence-electron chi connectivity index (χ4n) is 3.12. The fourth-order valence-corrected chi connectivity index (χ4v) is 3.12. The Kier molecular flexibility index (Phi) is 3.16. The second-order valence-corrected chi connectivity index (χ2v) is 5.08. The standard InChI is InChI=1S/C14H19N3O2/c1-19-13-4-2-3-12(13)17-11-6-5-9(15)7-10(11)16-14(17)8-18/h5-7,12-13,18H,2-4,8,15H2,1H3. The Morgan fingerprint density at radius 1 is 1.47 bits per heavy atom. The number of benzene rings is 1. The summed E-state index contributed by atoms with van der Waals surface area (Å²) in [6.07, 6.45) is 3.45. The van der Waals surface area contributed by atoms with Crippen molar-refractivity contribution in [1.82, 2.24) is 9.55 Å². The number of aromatic nitrogens is 2. The minimum atomic E-state index is -0.0679. The smallest absolute Gasteiger partial charge is 0.136 e. The number of ether oxygens (including phenoxy) is 1. The van der Waals surface area contributed by atoms with E-state index in [1.165, 1.54) is 0 Å². The molecule has 3 N–H and O–H groups in total. The molecule has 19 heavy (non-hydrogen) atoms. The fraction of sp³-hybridized carbons (Fsp3) is 0.500. The molecule has 102 valence electrons. The van der Waals surface area contributed by atoms with Crippen molar-refractivity contribution in [3.05, 3.63) is 24.0 Å². The number of nitrogen functional groups attached to an aromatic ring is 1. The first-order valence-electron chi connectivity index (χ1n) is 6.64. The van der Waals surface area contributed by atoms with E-state index in [-0.39, 0.29) is 18.8 Å². The van der Waals surface area contributed by atoms with E-state index < -0.39 is 0 Å². The van der Waals surface area contributed by atoms with E-state index in [9.17, 15) is 5.11 Å². The van der Waals surface area contributed by atoms with Crippen LogP contribution in [0.15, 0.2) is 18.2 Å². The van der Waals surface area contributed by atoms with E-state index in [1.54, 1.807) is 7.11 Å². The number of fused-ring (bicyclic) bond motifs is 1. The first kappa shape index (κ1) is 12.4. The summed E-state index contributed by atoms with van der Waals surface area (Å²) in [5.74, 6) is 0.689. The van der Waals surface area contributed by atoms with Gasteiger partial charge in [0.05, 0.1) is 23.2 Å². The Labute approximate surface area is 112 Å². The predicted molar refractivity (Wildman–Crippen MR) is 73.8 cm³/mol. The molecule has 1 heterocycles. The highest BCUT2D eigenvalue weighted by atomic mass is 16.5.